The van der Waals surface area contributed by atoms with Gasteiger partial charge in [0.05, 0.1) is 0 Å². The van der Waals surface area contributed by atoms with Crippen molar-refractivity contribution in [3.05, 3.63) is 58.1 Å². The molecule has 0 amide bonds. The van der Waals surface area contributed by atoms with Crippen LogP contribution in [0.15, 0.2) is 30.5 Å². The van der Waals surface area contributed by atoms with Gasteiger partial charge in [0.15, 0.2) is 0 Å². The molecule has 0 fully saturated rings. The molecule has 0 radical (unpaired) electrons. The molecule has 106 valence electrons. The molecule has 0 aliphatic heterocycles. The number of aromatic nitrogens is 1. The number of rotatable bonds is 4. The highest BCUT2D eigenvalue weighted by Crippen LogP contribution is 2.22. The van der Waals surface area contributed by atoms with E-state index in [2.05, 4.69) is 0 Å². The summed E-state index contributed by atoms with van der Waals surface area (Å²) in [6.45, 7) is 4.20. The van der Waals surface area contributed by atoms with Crippen molar-refractivity contribution in [1.29, 1.82) is 0 Å². The first-order valence-corrected chi connectivity index (χ1v) is 6.63. The van der Waals surface area contributed by atoms with Gasteiger partial charge < -0.3 is 9.67 Å². The molecule has 0 unspecified atom stereocenters. The number of carboxylic acids is 1. The van der Waals surface area contributed by atoms with E-state index in [1.165, 1.54) is 18.2 Å². The Morgan fingerprint density at radius 2 is 2.10 bits per heavy atom. The van der Waals surface area contributed by atoms with Crippen molar-refractivity contribution in [2.75, 3.05) is 0 Å². The van der Waals surface area contributed by atoms with Gasteiger partial charge >= 0.3 is 5.97 Å². The Hall–Kier alpha value is -1.81. The lowest BCUT2D eigenvalue weighted by Gasteiger charge is -2.08. The van der Waals surface area contributed by atoms with Gasteiger partial charge in [0, 0.05) is 17.8 Å². The SMILES string of the molecule is CC(C)c1cc(C(=O)O)n(Cc2cc(F)ccc2Cl)c1. The summed E-state index contributed by atoms with van der Waals surface area (Å²) in [4.78, 5) is 11.3. The van der Waals surface area contributed by atoms with E-state index < -0.39 is 11.8 Å². The van der Waals surface area contributed by atoms with Gasteiger partial charge in [-0.05, 0) is 41.3 Å². The minimum absolute atomic E-state index is 0.175. The van der Waals surface area contributed by atoms with Crippen molar-refractivity contribution in [3.63, 3.8) is 0 Å². The van der Waals surface area contributed by atoms with E-state index in [1.54, 1.807) is 16.8 Å². The van der Waals surface area contributed by atoms with Gasteiger partial charge in [-0.3, -0.25) is 0 Å². The summed E-state index contributed by atoms with van der Waals surface area (Å²) in [6, 6.07) is 5.71. The molecule has 0 saturated heterocycles. The normalized spacial score (nSPS) is 11.1. The number of carboxylic acid groups (broad SMARTS) is 1. The number of hydrogen-bond donors (Lipinski definition) is 1. The Labute approximate surface area is 121 Å². The zero-order valence-electron chi connectivity index (χ0n) is 11.2. The van der Waals surface area contributed by atoms with E-state index in [9.17, 15) is 14.3 Å². The minimum Gasteiger partial charge on any atom is -0.477 e. The molecule has 0 spiro atoms. The highest BCUT2D eigenvalue weighted by Gasteiger charge is 2.15. The Balaban J connectivity index is 2.42. The Kier molecular flexibility index (Phi) is 4.14. The van der Waals surface area contributed by atoms with Crippen molar-refractivity contribution in [2.24, 2.45) is 0 Å². The fourth-order valence-corrected chi connectivity index (χ4v) is 2.18. The van der Waals surface area contributed by atoms with E-state index in [0.717, 1.165) is 5.56 Å². The summed E-state index contributed by atoms with van der Waals surface area (Å²) in [6.07, 6.45) is 1.77. The van der Waals surface area contributed by atoms with Crippen LogP contribution in [0.4, 0.5) is 4.39 Å². The third kappa shape index (κ3) is 3.02. The van der Waals surface area contributed by atoms with Crippen LogP contribution < -0.4 is 0 Å². The number of aromatic carboxylic acids is 1. The quantitative estimate of drug-likeness (QED) is 0.920. The van der Waals surface area contributed by atoms with E-state index in [-0.39, 0.29) is 18.2 Å². The summed E-state index contributed by atoms with van der Waals surface area (Å²) < 4.78 is 14.8. The first-order valence-electron chi connectivity index (χ1n) is 6.25. The smallest absolute Gasteiger partial charge is 0.352 e. The van der Waals surface area contributed by atoms with Gasteiger partial charge in [0.25, 0.3) is 0 Å². The summed E-state index contributed by atoms with van der Waals surface area (Å²) in [5, 5.41) is 9.65. The Bertz CT molecular complexity index is 649. The average molecular weight is 296 g/mol. The third-order valence-electron chi connectivity index (χ3n) is 3.15. The fourth-order valence-electron chi connectivity index (χ4n) is 2.01. The Morgan fingerprint density at radius 3 is 2.70 bits per heavy atom. The van der Waals surface area contributed by atoms with Crippen LogP contribution in [0, 0.1) is 5.82 Å². The van der Waals surface area contributed by atoms with Crippen molar-refractivity contribution in [3.8, 4) is 0 Å². The number of halogens is 2. The molecule has 3 nitrogen and oxygen atoms in total. The average Bonchev–Trinajstić information content (AvgIpc) is 2.78. The van der Waals surface area contributed by atoms with E-state index in [0.29, 0.717) is 10.6 Å². The lowest BCUT2D eigenvalue weighted by Crippen LogP contribution is -2.08. The second kappa shape index (κ2) is 5.67. The molecule has 1 aromatic heterocycles. The number of hydrogen-bond acceptors (Lipinski definition) is 1. The predicted octanol–water partition coefficient (Wildman–Crippen LogP) is 4.15. The molecule has 2 aromatic rings. The van der Waals surface area contributed by atoms with Gasteiger partial charge in [-0.2, -0.15) is 0 Å². The van der Waals surface area contributed by atoms with Crippen LogP contribution in [0.3, 0.4) is 0 Å². The maximum Gasteiger partial charge on any atom is 0.352 e. The maximum absolute atomic E-state index is 13.3. The predicted molar refractivity (Wildman–Crippen MR) is 76.0 cm³/mol. The number of nitrogens with zero attached hydrogens (tertiary/aromatic N) is 1. The highest BCUT2D eigenvalue weighted by atomic mass is 35.5. The van der Waals surface area contributed by atoms with Gasteiger partial charge in [0.2, 0.25) is 0 Å². The van der Waals surface area contributed by atoms with Crippen LogP contribution in [-0.4, -0.2) is 15.6 Å². The van der Waals surface area contributed by atoms with Crippen molar-refractivity contribution in [1.82, 2.24) is 4.57 Å². The van der Waals surface area contributed by atoms with Crippen molar-refractivity contribution >= 4 is 17.6 Å². The number of carbonyl (C=O) groups is 1. The fraction of sp³-hybridized carbons (Fsp3) is 0.267. The monoisotopic (exact) mass is 295 g/mol. The van der Waals surface area contributed by atoms with Crippen LogP contribution in [0.1, 0.15) is 41.4 Å². The molecule has 1 heterocycles. The lowest BCUT2D eigenvalue weighted by atomic mass is 10.1. The first kappa shape index (κ1) is 14.6. The third-order valence-corrected chi connectivity index (χ3v) is 3.52. The largest absolute Gasteiger partial charge is 0.477 e. The highest BCUT2D eigenvalue weighted by molar-refractivity contribution is 6.31. The molecule has 0 saturated carbocycles. The lowest BCUT2D eigenvalue weighted by molar-refractivity contribution is 0.0685. The van der Waals surface area contributed by atoms with E-state index in [1.807, 2.05) is 13.8 Å². The van der Waals surface area contributed by atoms with E-state index in [4.69, 9.17) is 11.6 Å². The summed E-state index contributed by atoms with van der Waals surface area (Å²) in [7, 11) is 0. The van der Waals surface area contributed by atoms with Crippen LogP contribution in [0.5, 0.6) is 0 Å². The molecule has 1 aromatic carbocycles. The second-order valence-electron chi connectivity index (χ2n) is 4.98. The molecule has 2 rings (SSSR count). The Morgan fingerprint density at radius 1 is 1.40 bits per heavy atom. The minimum atomic E-state index is -1.01. The topological polar surface area (TPSA) is 42.2 Å². The molecule has 0 aliphatic rings. The number of benzene rings is 1. The standard InChI is InChI=1S/C15H15ClFNO2/c1-9(2)10-6-14(15(19)20)18(7-10)8-11-5-12(17)3-4-13(11)16/h3-7,9H,8H2,1-2H3,(H,19,20). The van der Waals surface area contributed by atoms with Gasteiger partial charge in [-0.15, -0.1) is 0 Å². The maximum atomic E-state index is 13.3. The summed E-state index contributed by atoms with van der Waals surface area (Å²) >= 11 is 6.02. The van der Waals surface area contributed by atoms with Gasteiger partial charge in [-0.25, -0.2) is 9.18 Å². The van der Waals surface area contributed by atoms with Crippen molar-refractivity contribution in [2.45, 2.75) is 26.3 Å². The van der Waals surface area contributed by atoms with Crippen LogP contribution in [0.25, 0.3) is 0 Å². The molecule has 1 N–H and O–H groups in total. The first-order chi connectivity index (χ1) is 9.38. The van der Waals surface area contributed by atoms with Gasteiger partial charge in [0.1, 0.15) is 11.5 Å². The van der Waals surface area contributed by atoms with Crippen LogP contribution >= 0.6 is 11.6 Å². The zero-order chi connectivity index (χ0) is 14.9. The molecule has 20 heavy (non-hydrogen) atoms. The molecule has 0 bridgehead atoms. The summed E-state index contributed by atoms with van der Waals surface area (Å²) in [5.74, 6) is -1.18. The molecule has 0 aliphatic carbocycles. The molecular weight excluding hydrogens is 281 g/mol. The van der Waals surface area contributed by atoms with Crippen molar-refractivity contribution < 1.29 is 14.3 Å². The van der Waals surface area contributed by atoms with Gasteiger partial charge in [-0.1, -0.05) is 25.4 Å². The molecule has 0 atom stereocenters. The van der Waals surface area contributed by atoms with Crippen LogP contribution in [-0.2, 0) is 6.54 Å². The summed E-state index contributed by atoms with van der Waals surface area (Å²) in [5.41, 5.74) is 1.66. The molecular formula is C15H15ClFNO2. The second-order valence-corrected chi connectivity index (χ2v) is 5.39. The van der Waals surface area contributed by atoms with E-state index >= 15 is 0 Å². The zero-order valence-corrected chi connectivity index (χ0v) is 12.0. The van der Waals surface area contributed by atoms with Crippen LogP contribution in [0.2, 0.25) is 5.02 Å². The molecule has 5 heteroatoms.